The fourth-order valence-electron chi connectivity index (χ4n) is 4.63. The number of fused-ring (bicyclic) bond motifs is 1. The van der Waals surface area contributed by atoms with Crippen molar-refractivity contribution in [2.45, 2.75) is 53.0 Å². The van der Waals surface area contributed by atoms with E-state index in [4.69, 9.17) is 0 Å². The summed E-state index contributed by atoms with van der Waals surface area (Å²) in [4.78, 5) is 2.23. The van der Waals surface area contributed by atoms with Gasteiger partial charge in [0, 0.05) is 31.1 Å². The molecule has 0 fully saturated rings. The van der Waals surface area contributed by atoms with Crippen LogP contribution in [0, 0.1) is 5.41 Å². The van der Waals surface area contributed by atoms with Crippen LogP contribution in [0.5, 0.6) is 0 Å². The second kappa shape index (κ2) is 9.87. The smallest absolute Gasteiger partial charge is 0.262 e. The van der Waals surface area contributed by atoms with Gasteiger partial charge in [0.2, 0.25) is 5.52 Å². The molecule has 0 spiro atoms. The molecule has 2 aromatic rings. The highest BCUT2D eigenvalue weighted by Gasteiger charge is 2.24. The molecule has 166 valence electrons. The Labute approximate surface area is 197 Å². The third-order valence-electron chi connectivity index (χ3n) is 6.13. The quantitative estimate of drug-likeness (QED) is 0.417. The lowest BCUT2D eigenvalue weighted by atomic mass is 9.75. The number of nitrogens with zero attached hydrogens (tertiary/aromatic N) is 2. The standard InChI is InChI=1S/C29H35N2S/c1-5-31-26-15-9-10-16-27(26)32-28(31)17-11-12-23-20-24(22-29(2,3)21-23)18-19-30(4)25-13-7-6-8-14-25/h7,9-20H,5-6,8,21-22H2,1-4H3/q+1. The van der Waals surface area contributed by atoms with Gasteiger partial charge in [0.05, 0.1) is 0 Å². The van der Waals surface area contributed by atoms with Gasteiger partial charge in [0.1, 0.15) is 11.2 Å². The van der Waals surface area contributed by atoms with Crippen LogP contribution >= 0.6 is 11.3 Å². The second-order valence-corrected chi connectivity index (χ2v) is 10.6. The van der Waals surface area contributed by atoms with Crippen molar-refractivity contribution in [1.82, 2.24) is 4.90 Å². The molecule has 2 nitrogen and oxygen atoms in total. The van der Waals surface area contributed by atoms with Crippen molar-refractivity contribution >= 4 is 27.6 Å². The van der Waals surface area contributed by atoms with Crippen LogP contribution in [0.2, 0.25) is 0 Å². The van der Waals surface area contributed by atoms with Crippen molar-refractivity contribution in [1.29, 1.82) is 0 Å². The van der Waals surface area contributed by atoms with E-state index in [2.05, 4.69) is 116 Å². The van der Waals surface area contributed by atoms with E-state index in [0.29, 0.717) is 0 Å². The van der Waals surface area contributed by atoms with Crippen LogP contribution < -0.4 is 4.57 Å². The minimum atomic E-state index is 0.275. The number of thiazole rings is 1. The predicted molar refractivity (Wildman–Crippen MR) is 139 cm³/mol. The summed E-state index contributed by atoms with van der Waals surface area (Å²) >= 11 is 1.86. The minimum absolute atomic E-state index is 0.275. The number of hydrogen-bond donors (Lipinski definition) is 0. The highest BCUT2D eigenvalue weighted by Crippen LogP contribution is 2.38. The van der Waals surface area contributed by atoms with Gasteiger partial charge in [-0.25, -0.2) is 0 Å². The predicted octanol–water partition coefficient (Wildman–Crippen LogP) is 7.57. The Morgan fingerprint density at radius 2 is 1.97 bits per heavy atom. The SMILES string of the molecule is CC[n+]1c(C=CC=C2C=C(C=CN(C)C3=CCCC=C3)CC(C)(C)C2)sc2ccccc21. The fourth-order valence-corrected chi connectivity index (χ4v) is 5.77. The third-order valence-corrected chi connectivity index (χ3v) is 7.26. The van der Waals surface area contributed by atoms with Crippen LogP contribution in [0.25, 0.3) is 16.3 Å². The zero-order chi connectivity index (χ0) is 22.6. The van der Waals surface area contributed by atoms with Crippen LogP contribution in [0.15, 0.2) is 89.8 Å². The Morgan fingerprint density at radius 3 is 2.75 bits per heavy atom. The second-order valence-electron chi connectivity index (χ2n) is 9.53. The van der Waals surface area contributed by atoms with Gasteiger partial charge in [-0.05, 0) is 67.4 Å². The van der Waals surface area contributed by atoms with Crippen molar-refractivity contribution in [3.63, 3.8) is 0 Å². The molecule has 0 radical (unpaired) electrons. The van der Waals surface area contributed by atoms with Crippen molar-refractivity contribution in [2.24, 2.45) is 5.41 Å². The Morgan fingerprint density at radius 1 is 1.12 bits per heavy atom. The first-order chi connectivity index (χ1) is 15.4. The molecule has 2 aliphatic rings. The maximum absolute atomic E-state index is 2.40. The minimum Gasteiger partial charge on any atom is -0.351 e. The molecule has 0 amide bonds. The van der Waals surface area contributed by atoms with E-state index in [-0.39, 0.29) is 5.41 Å². The average Bonchev–Trinajstić information content (AvgIpc) is 3.14. The summed E-state index contributed by atoms with van der Waals surface area (Å²) in [5.74, 6) is 0. The summed E-state index contributed by atoms with van der Waals surface area (Å²) < 4.78 is 3.74. The Bertz CT molecular complexity index is 1150. The van der Waals surface area contributed by atoms with E-state index in [1.807, 2.05) is 11.3 Å². The van der Waals surface area contributed by atoms with Gasteiger partial charge < -0.3 is 4.90 Å². The summed E-state index contributed by atoms with van der Waals surface area (Å²) in [7, 11) is 2.14. The van der Waals surface area contributed by atoms with Crippen molar-refractivity contribution in [3.8, 4) is 0 Å². The van der Waals surface area contributed by atoms with E-state index in [0.717, 1.165) is 32.2 Å². The van der Waals surface area contributed by atoms with Gasteiger partial charge in [-0.1, -0.05) is 67.7 Å². The van der Waals surface area contributed by atoms with E-state index in [9.17, 15) is 0 Å². The van der Waals surface area contributed by atoms with Gasteiger partial charge in [0.15, 0.2) is 0 Å². The molecule has 1 aromatic carbocycles. The topological polar surface area (TPSA) is 7.12 Å². The van der Waals surface area contributed by atoms with Crippen LogP contribution in [0.1, 0.15) is 51.5 Å². The van der Waals surface area contributed by atoms with E-state index in [1.54, 1.807) is 0 Å². The lowest BCUT2D eigenvalue weighted by molar-refractivity contribution is -0.665. The molecule has 2 aliphatic carbocycles. The zero-order valence-electron chi connectivity index (χ0n) is 19.8. The van der Waals surface area contributed by atoms with E-state index in [1.165, 1.54) is 32.1 Å². The molecule has 3 heteroatoms. The van der Waals surface area contributed by atoms with E-state index < -0.39 is 0 Å². The highest BCUT2D eigenvalue weighted by molar-refractivity contribution is 7.18. The number of para-hydroxylation sites is 1. The van der Waals surface area contributed by atoms with Crippen molar-refractivity contribution in [3.05, 3.63) is 94.8 Å². The molecule has 0 aliphatic heterocycles. The Hall–Kier alpha value is -2.65. The first kappa shape index (κ1) is 22.5. The number of benzene rings is 1. The summed E-state index contributed by atoms with van der Waals surface area (Å²) in [6.45, 7) is 7.95. The summed E-state index contributed by atoms with van der Waals surface area (Å²) in [6, 6.07) is 8.67. The van der Waals surface area contributed by atoms with Gasteiger partial charge in [-0.3, -0.25) is 0 Å². The van der Waals surface area contributed by atoms with Crippen LogP contribution in [0.4, 0.5) is 0 Å². The van der Waals surface area contributed by atoms with Crippen LogP contribution in [-0.4, -0.2) is 11.9 Å². The number of likely N-dealkylation sites (N-methyl/N-ethyl adjacent to an activating group) is 1. The molecule has 0 saturated heterocycles. The molecule has 0 saturated carbocycles. The number of aromatic nitrogens is 1. The molecule has 32 heavy (non-hydrogen) atoms. The Kier molecular flexibility index (Phi) is 6.95. The first-order valence-corrected chi connectivity index (χ1v) is 12.5. The van der Waals surface area contributed by atoms with Crippen molar-refractivity contribution < 1.29 is 4.57 Å². The van der Waals surface area contributed by atoms with Crippen molar-refractivity contribution in [2.75, 3.05) is 7.05 Å². The first-order valence-electron chi connectivity index (χ1n) is 11.7. The normalized spacial score (nSPS) is 19.8. The number of aryl methyl sites for hydroxylation is 1. The number of rotatable bonds is 6. The molecule has 1 heterocycles. The van der Waals surface area contributed by atoms with Gasteiger partial charge in [-0.15, -0.1) is 0 Å². The Balaban J connectivity index is 1.54. The molecule has 0 N–H and O–H groups in total. The summed E-state index contributed by atoms with van der Waals surface area (Å²) in [5.41, 5.74) is 5.69. The average molecular weight is 444 g/mol. The number of allylic oxidation sites excluding steroid dienone is 9. The molecule has 0 atom stereocenters. The highest BCUT2D eigenvalue weighted by atomic mass is 32.1. The molecular weight excluding hydrogens is 408 g/mol. The van der Waals surface area contributed by atoms with Gasteiger partial charge in [0.25, 0.3) is 5.01 Å². The maximum Gasteiger partial charge on any atom is 0.262 e. The number of hydrogen-bond acceptors (Lipinski definition) is 2. The summed E-state index contributed by atoms with van der Waals surface area (Å²) in [5, 5.41) is 1.31. The zero-order valence-corrected chi connectivity index (χ0v) is 20.7. The third kappa shape index (κ3) is 5.39. The lowest BCUT2D eigenvalue weighted by Crippen LogP contribution is -2.33. The molecule has 1 aromatic heterocycles. The van der Waals surface area contributed by atoms with E-state index >= 15 is 0 Å². The fraction of sp³-hybridized carbons (Fsp3) is 0.345. The molecule has 4 rings (SSSR count). The van der Waals surface area contributed by atoms with Crippen LogP contribution in [-0.2, 0) is 6.54 Å². The van der Waals surface area contributed by atoms with Crippen LogP contribution in [0.3, 0.4) is 0 Å². The van der Waals surface area contributed by atoms with Gasteiger partial charge >= 0.3 is 0 Å². The summed E-state index contributed by atoms with van der Waals surface area (Å²) in [6.07, 6.45) is 25.0. The lowest BCUT2D eigenvalue weighted by Gasteiger charge is -2.30. The monoisotopic (exact) mass is 443 g/mol. The molecule has 0 bridgehead atoms. The molecular formula is C29H35N2S+. The maximum atomic E-state index is 2.40. The van der Waals surface area contributed by atoms with Gasteiger partial charge in [-0.2, -0.15) is 4.57 Å². The largest absolute Gasteiger partial charge is 0.351 e. The molecule has 0 unspecified atom stereocenters.